The van der Waals surface area contributed by atoms with Crippen LogP contribution in [0, 0.1) is 0 Å². The summed E-state index contributed by atoms with van der Waals surface area (Å²) in [5, 5.41) is 0. The van der Waals surface area contributed by atoms with Gasteiger partial charge in [0.25, 0.3) is 0 Å². The van der Waals surface area contributed by atoms with Crippen LogP contribution in [0.4, 0.5) is 0 Å². The lowest BCUT2D eigenvalue weighted by Crippen LogP contribution is -2.14. The zero-order valence-corrected chi connectivity index (χ0v) is 9.14. The van der Waals surface area contributed by atoms with Crippen LogP contribution in [0.25, 0.3) is 0 Å². The van der Waals surface area contributed by atoms with Crippen molar-refractivity contribution >= 4 is 0 Å². The molecule has 0 aromatic carbocycles. The monoisotopic (exact) mass is 181 g/mol. The summed E-state index contributed by atoms with van der Waals surface area (Å²) < 4.78 is 0. The molecular weight excluding hydrogens is 162 g/mol. The smallest absolute Gasteiger partial charge is 0.247 e. The third kappa shape index (κ3) is 3.92. The minimum absolute atomic E-state index is 0.0435. The molecule has 2 heteroatoms. The van der Waals surface area contributed by atoms with Gasteiger partial charge < -0.3 is 4.98 Å². The van der Waals surface area contributed by atoms with Crippen molar-refractivity contribution in [3.05, 3.63) is 34.2 Å². The SMILES string of the molecule is CC.CC(C)(C)c1ccc(=O)[nH]c1. The first kappa shape index (κ1) is 11.9. The van der Waals surface area contributed by atoms with Crippen LogP contribution < -0.4 is 5.56 Å². The first-order valence-corrected chi connectivity index (χ1v) is 4.69. The minimum atomic E-state index is -0.0435. The number of rotatable bonds is 0. The zero-order valence-electron chi connectivity index (χ0n) is 9.14. The van der Waals surface area contributed by atoms with Gasteiger partial charge in [0.2, 0.25) is 5.56 Å². The summed E-state index contributed by atoms with van der Waals surface area (Å²) in [4.78, 5) is 13.3. The van der Waals surface area contributed by atoms with E-state index in [0.29, 0.717) is 0 Å². The molecular formula is C11H19NO. The van der Waals surface area contributed by atoms with E-state index in [1.807, 2.05) is 19.9 Å². The highest BCUT2D eigenvalue weighted by Crippen LogP contribution is 2.19. The van der Waals surface area contributed by atoms with Crippen molar-refractivity contribution in [2.75, 3.05) is 0 Å². The molecule has 0 aliphatic carbocycles. The van der Waals surface area contributed by atoms with E-state index in [9.17, 15) is 4.79 Å². The lowest BCUT2D eigenvalue weighted by molar-refractivity contribution is 0.587. The van der Waals surface area contributed by atoms with Crippen molar-refractivity contribution in [2.24, 2.45) is 0 Å². The Morgan fingerprint density at radius 2 is 1.69 bits per heavy atom. The number of hydrogen-bond acceptors (Lipinski definition) is 1. The fraction of sp³-hybridized carbons (Fsp3) is 0.545. The number of pyridine rings is 1. The number of nitrogens with one attached hydrogen (secondary N) is 1. The van der Waals surface area contributed by atoms with Gasteiger partial charge in [-0.3, -0.25) is 4.79 Å². The van der Waals surface area contributed by atoms with E-state index in [4.69, 9.17) is 0 Å². The Morgan fingerprint density at radius 3 is 2.00 bits per heavy atom. The Hall–Kier alpha value is -1.05. The van der Waals surface area contributed by atoms with Gasteiger partial charge in [-0.05, 0) is 11.0 Å². The highest BCUT2D eigenvalue weighted by molar-refractivity contribution is 5.17. The molecule has 74 valence electrons. The van der Waals surface area contributed by atoms with Crippen molar-refractivity contribution in [1.82, 2.24) is 4.98 Å². The second kappa shape index (κ2) is 4.85. The molecule has 0 atom stereocenters. The lowest BCUT2D eigenvalue weighted by Gasteiger charge is -2.17. The van der Waals surface area contributed by atoms with Crippen LogP contribution in [0.2, 0.25) is 0 Å². The van der Waals surface area contributed by atoms with E-state index in [1.54, 1.807) is 12.3 Å². The molecule has 1 aromatic rings. The number of H-pyrrole nitrogens is 1. The summed E-state index contributed by atoms with van der Waals surface area (Å²) in [6, 6.07) is 3.42. The lowest BCUT2D eigenvalue weighted by atomic mass is 9.88. The Balaban J connectivity index is 0.000000671. The molecule has 0 unspecified atom stereocenters. The van der Waals surface area contributed by atoms with Gasteiger partial charge in [0.1, 0.15) is 0 Å². The number of hydrogen-bond donors (Lipinski definition) is 1. The summed E-state index contributed by atoms with van der Waals surface area (Å²) in [5.74, 6) is 0. The zero-order chi connectivity index (χ0) is 10.5. The highest BCUT2D eigenvalue weighted by atomic mass is 16.1. The first-order chi connectivity index (χ1) is 6.00. The Morgan fingerprint density at radius 1 is 1.15 bits per heavy atom. The van der Waals surface area contributed by atoms with E-state index in [-0.39, 0.29) is 11.0 Å². The predicted octanol–water partition coefficient (Wildman–Crippen LogP) is 2.70. The van der Waals surface area contributed by atoms with Crippen LogP contribution in [0.3, 0.4) is 0 Å². The van der Waals surface area contributed by atoms with Crippen LogP contribution in [0.5, 0.6) is 0 Å². The molecule has 0 radical (unpaired) electrons. The Kier molecular flexibility index (Phi) is 4.46. The maximum absolute atomic E-state index is 10.7. The molecule has 0 saturated carbocycles. The van der Waals surface area contributed by atoms with Crippen molar-refractivity contribution in [1.29, 1.82) is 0 Å². The molecule has 0 saturated heterocycles. The molecule has 1 N–H and O–H groups in total. The summed E-state index contributed by atoms with van der Waals surface area (Å²) >= 11 is 0. The molecule has 1 heterocycles. The van der Waals surface area contributed by atoms with Crippen LogP contribution in [-0.2, 0) is 5.41 Å². The van der Waals surface area contributed by atoms with E-state index < -0.39 is 0 Å². The summed E-state index contributed by atoms with van der Waals surface area (Å²) in [7, 11) is 0. The Bertz CT molecular complexity index is 273. The van der Waals surface area contributed by atoms with E-state index in [2.05, 4.69) is 25.8 Å². The maximum Gasteiger partial charge on any atom is 0.247 e. The van der Waals surface area contributed by atoms with Gasteiger partial charge >= 0.3 is 0 Å². The van der Waals surface area contributed by atoms with Gasteiger partial charge in [0.15, 0.2) is 0 Å². The van der Waals surface area contributed by atoms with Crippen LogP contribution in [0.15, 0.2) is 23.1 Å². The van der Waals surface area contributed by atoms with Gasteiger partial charge in [-0.2, -0.15) is 0 Å². The molecule has 0 spiro atoms. The second-order valence-electron chi connectivity index (χ2n) is 3.69. The van der Waals surface area contributed by atoms with E-state index >= 15 is 0 Å². The average Bonchev–Trinajstić information content (AvgIpc) is 2.07. The number of aromatic nitrogens is 1. The molecule has 2 nitrogen and oxygen atoms in total. The third-order valence-corrected chi connectivity index (χ3v) is 1.65. The molecule has 0 fully saturated rings. The van der Waals surface area contributed by atoms with Gasteiger partial charge in [0.05, 0.1) is 0 Å². The predicted molar refractivity (Wildman–Crippen MR) is 57.1 cm³/mol. The topological polar surface area (TPSA) is 32.9 Å². The fourth-order valence-electron chi connectivity index (χ4n) is 0.877. The first-order valence-electron chi connectivity index (χ1n) is 4.69. The summed E-state index contributed by atoms with van der Waals surface area (Å²) in [6.45, 7) is 10.3. The van der Waals surface area contributed by atoms with Crippen LogP contribution in [0.1, 0.15) is 40.2 Å². The van der Waals surface area contributed by atoms with Gasteiger partial charge in [-0.15, -0.1) is 0 Å². The minimum Gasteiger partial charge on any atom is -0.329 e. The Labute approximate surface area is 80.0 Å². The van der Waals surface area contributed by atoms with Crippen molar-refractivity contribution in [3.8, 4) is 0 Å². The normalized spacial score (nSPS) is 10.2. The second-order valence-corrected chi connectivity index (χ2v) is 3.69. The third-order valence-electron chi connectivity index (χ3n) is 1.65. The standard InChI is InChI=1S/C9H13NO.C2H6/c1-9(2,3)7-4-5-8(11)10-6-7;1-2/h4-6H,1-3H3,(H,10,11);1-2H3. The van der Waals surface area contributed by atoms with E-state index in [1.165, 1.54) is 0 Å². The van der Waals surface area contributed by atoms with Gasteiger partial charge in [-0.25, -0.2) is 0 Å². The van der Waals surface area contributed by atoms with Gasteiger partial charge in [-0.1, -0.05) is 40.7 Å². The average molecular weight is 181 g/mol. The molecule has 13 heavy (non-hydrogen) atoms. The molecule has 0 aliphatic heterocycles. The van der Waals surface area contributed by atoms with Gasteiger partial charge in [0, 0.05) is 12.3 Å². The molecule has 1 rings (SSSR count). The largest absolute Gasteiger partial charge is 0.329 e. The molecule has 0 amide bonds. The molecule has 1 aromatic heterocycles. The van der Waals surface area contributed by atoms with Crippen LogP contribution >= 0.6 is 0 Å². The molecule has 0 aliphatic rings. The maximum atomic E-state index is 10.7. The van der Waals surface area contributed by atoms with Crippen LogP contribution in [-0.4, -0.2) is 4.98 Å². The fourth-order valence-corrected chi connectivity index (χ4v) is 0.877. The van der Waals surface area contributed by atoms with E-state index in [0.717, 1.165) is 5.56 Å². The number of aromatic amines is 1. The quantitative estimate of drug-likeness (QED) is 0.655. The summed E-state index contributed by atoms with van der Waals surface area (Å²) in [5.41, 5.74) is 1.22. The summed E-state index contributed by atoms with van der Waals surface area (Å²) in [6.07, 6.45) is 1.77. The molecule has 0 bridgehead atoms. The highest BCUT2D eigenvalue weighted by Gasteiger charge is 2.12. The van der Waals surface area contributed by atoms with Crippen molar-refractivity contribution in [3.63, 3.8) is 0 Å². The van der Waals surface area contributed by atoms with Crippen molar-refractivity contribution < 1.29 is 0 Å². The van der Waals surface area contributed by atoms with Crippen molar-refractivity contribution in [2.45, 2.75) is 40.0 Å².